The van der Waals surface area contributed by atoms with Crippen LogP contribution in [0.5, 0.6) is 0 Å². The molecule has 2 fully saturated rings. The molecule has 0 aromatic carbocycles. The summed E-state index contributed by atoms with van der Waals surface area (Å²) in [7, 11) is 0. The summed E-state index contributed by atoms with van der Waals surface area (Å²) >= 11 is 0. The normalized spacial score (nSPS) is 38.8. The summed E-state index contributed by atoms with van der Waals surface area (Å²) in [5.41, 5.74) is 0.737. The summed E-state index contributed by atoms with van der Waals surface area (Å²) < 4.78 is 0. The molecule has 0 radical (unpaired) electrons. The summed E-state index contributed by atoms with van der Waals surface area (Å²) in [5.74, 6) is 1.05. The Labute approximate surface area is 74.5 Å². The van der Waals surface area contributed by atoms with E-state index >= 15 is 0 Å². The van der Waals surface area contributed by atoms with Gasteiger partial charge in [-0.3, -0.25) is 0 Å². The molecule has 2 atom stereocenters. The number of unbranched alkanes of at least 4 members (excludes halogenated alkanes) is 1. The van der Waals surface area contributed by atoms with Crippen LogP contribution in [0.15, 0.2) is 0 Å². The van der Waals surface area contributed by atoms with Gasteiger partial charge in [-0.2, -0.15) is 0 Å². The lowest BCUT2D eigenvalue weighted by Crippen LogP contribution is -2.09. The summed E-state index contributed by atoms with van der Waals surface area (Å²) in [4.78, 5) is 10.2. The third kappa shape index (κ3) is 1.41. The fourth-order valence-electron chi connectivity index (χ4n) is 2.98. The number of hydrogen-bond donors (Lipinski definition) is 0. The molecular formula is C11H18O. The number of hydrogen-bond acceptors (Lipinski definition) is 1. The lowest BCUT2D eigenvalue weighted by Gasteiger charge is -2.21. The van der Waals surface area contributed by atoms with E-state index < -0.39 is 0 Å². The summed E-state index contributed by atoms with van der Waals surface area (Å²) in [6.07, 6.45) is 11.6. The van der Waals surface area contributed by atoms with Gasteiger partial charge in [0.25, 0.3) is 0 Å². The monoisotopic (exact) mass is 166 g/mol. The highest BCUT2D eigenvalue weighted by molar-refractivity contribution is 5.49. The van der Waals surface area contributed by atoms with Crippen LogP contribution in [0.1, 0.15) is 51.4 Å². The van der Waals surface area contributed by atoms with E-state index in [4.69, 9.17) is 0 Å². The van der Waals surface area contributed by atoms with Crippen molar-refractivity contribution in [2.45, 2.75) is 51.4 Å². The van der Waals surface area contributed by atoms with Crippen LogP contribution in [0, 0.1) is 11.3 Å². The van der Waals surface area contributed by atoms with Crippen molar-refractivity contribution in [2.24, 2.45) is 11.3 Å². The number of aldehydes is 1. The number of rotatable bonds is 4. The topological polar surface area (TPSA) is 17.1 Å². The highest BCUT2D eigenvalue weighted by atomic mass is 16.1. The fraction of sp³-hybridized carbons (Fsp3) is 0.909. The van der Waals surface area contributed by atoms with Gasteiger partial charge in [-0.05, 0) is 43.4 Å². The van der Waals surface area contributed by atoms with Gasteiger partial charge in [0.15, 0.2) is 0 Å². The van der Waals surface area contributed by atoms with Gasteiger partial charge in [0.2, 0.25) is 0 Å². The van der Waals surface area contributed by atoms with E-state index in [0.29, 0.717) is 0 Å². The van der Waals surface area contributed by atoms with E-state index in [-0.39, 0.29) is 0 Å². The molecule has 0 aromatic heterocycles. The summed E-state index contributed by atoms with van der Waals surface area (Å²) in [6.45, 7) is 0. The Morgan fingerprint density at radius 3 is 3.08 bits per heavy atom. The molecule has 0 N–H and O–H groups in total. The Bertz CT molecular complexity index is 176. The van der Waals surface area contributed by atoms with Gasteiger partial charge in [-0.25, -0.2) is 0 Å². The Morgan fingerprint density at radius 1 is 1.42 bits per heavy atom. The van der Waals surface area contributed by atoms with Gasteiger partial charge >= 0.3 is 0 Å². The Balaban J connectivity index is 1.76. The van der Waals surface area contributed by atoms with Gasteiger partial charge < -0.3 is 4.79 Å². The number of fused-ring (bicyclic) bond motifs is 1. The van der Waals surface area contributed by atoms with Crippen molar-refractivity contribution in [3.63, 3.8) is 0 Å². The van der Waals surface area contributed by atoms with E-state index in [2.05, 4.69) is 0 Å². The minimum Gasteiger partial charge on any atom is -0.303 e. The predicted molar refractivity (Wildman–Crippen MR) is 48.9 cm³/mol. The van der Waals surface area contributed by atoms with Crippen molar-refractivity contribution in [1.82, 2.24) is 0 Å². The largest absolute Gasteiger partial charge is 0.303 e. The van der Waals surface area contributed by atoms with Gasteiger partial charge in [0, 0.05) is 6.42 Å². The van der Waals surface area contributed by atoms with Crippen molar-refractivity contribution in [3.05, 3.63) is 0 Å². The van der Waals surface area contributed by atoms with E-state index in [1.54, 1.807) is 0 Å². The molecule has 0 spiro atoms. The van der Waals surface area contributed by atoms with E-state index in [0.717, 1.165) is 30.5 Å². The first-order valence-corrected chi connectivity index (χ1v) is 5.31. The van der Waals surface area contributed by atoms with Crippen molar-refractivity contribution in [1.29, 1.82) is 0 Å². The van der Waals surface area contributed by atoms with Crippen LogP contribution in [0.25, 0.3) is 0 Å². The van der Waals surface area contributed by atoms with Gasteiger partial charge in [0.05, 0.1) is 0 Å². The SMILES string of the molecule is O=CCCC[C@]12CCCC[C@H]1C2. The molecule has 0 saturated heterocycles. The lowest BCUT2D eigenvalue weighted by atomic mass is 9.85. The maximum atomic E-state index is 10.2. The molecular weight excluding hydrogens is 148 g/mol. The molecule has 0 amide bonds. The van der Waals surface area contributed by atoms with E-state index in [1.165, 1.54) is 38.5 Å². The van der Waals surface area contributed by atoms with Crippen molar-refractivity contribution in [2.75, 3.05) is 0 Å². The highest BCUT2D eigenvalue weighted by Gasteiger charge is 2.53. The zero-order valence-corrected chi connectivity index (χ0v) is 7.72. The second-order valence-corrected chi connectivity index (χ2v) is 4.57. The predicted octanol–water partition coefficient (Wildman–Crippen LogP) is 2.94. The van der Waals surface area contributed by atoms with Crippen molar-refractivity contribution in [3.8, 4) is 0 Å². The molecule has 0 aliphatic heterocycles. The summed E-state index contributed by atoms with van der Waals surface area (Å²) in [6, 6.07) is 0. The minimum atomic E-state index is 0.737. The molecule has 2 rings (SSSR count). The van der Waals surface area contributed by atoms with E-state index in [9.17, 15) is 4.79 Å². The maximum absolute atomic E-state index is 10.2. The van der Waals surface area contributed by atoms with Crippen molar-refractivity contribution < 1.29 is 4.79 Å². The van der Waals surface area contributed by atoms with Crippen LogP contribution < -0.4 is 0 Å². The van der Waals surface area contributed by atoms with Crippen LogP contribution in [0.3, 0.4) is 0 Å². The van der Waals surface area contributed by atoms with Gasteiger partial charge in [0.1, 0.15) is 6.29 Å². The number of carbonyl (C=O) groups is 1. The zero-order valence-electron chi connectivity index (χ0n) is 7.72. The molecule has 2 saturated carbocycles. The smallest absolute Gasteiger partial charge is 0.119 e. The fourth-order valence-corrected chi connectivity index (χ4v) is 2.98. The quantitative estimate of drug-likeness (QED) is 0.463. The third-order valence-corrected chi connectivity index (χ3v) is 3.83. The average Bonchev–Trinajstić information content (AvgIpc) is 2.79. The van der Waals surface area contributed by atoms with Gasteiger partial charge in [-0.15, -0.1) is 0 Å². The molecule has 2 aliphatic carbocycles. The first-order chi connectivity index (χ1) is 5.87. The zero-order chi connectivity index (χ0) is 8.44. The van der Waals surface area contributed by atoms with Crippen LogP contribution in [0.4, 0.5) is 0 Å². The number of carbonyl (C=O) groups excluding carboxylic acids is 1. The second kappa shape index (κ2) is 3.20. The van der Waals surface area contributed by atoms with Crippen LogP contribution in [0.2, 0.25) is 0 Å². The molecule has 1 heteroatoms. The Morgan fingerprint density at radius 2 is 2.33 bits per heavy atom. The highest BCUT2D eigenvalue weighted by Crippen LogP contribution is 2.63. The average molecular weight is 166 g/mol. The maximum Gasteiger partial charge on any atom is 0.119 e. The van der Waals surface area contributed by atoms with Crippen LogP contribution in [-0.2, 0) is 4.79 Å². The second-order valence-electron chi connectivity index (χ2n) is 4.57. The molecule has 68 valence electrons. The molecule has 1 nitrogen and oxygen atoms in total. The Kier molecular flexibility index (Phi) is 2.20. The standard InChI is InChI=1S/C11H18O/c12-8-4-3-7-11-6-2-1-5-10(11)9-11/h8,10H,1-7,9H2/t10-,11-/m0/s1. The molecule has 0 heterocycles. The summed E-state index contributed by atoms with van der Waals surface area (Å²) in [5, 5.41) is 0. The molecule has 12 heavy (non-hydrogen) atoms. The van der Waals surface area contributed by atoms with Crippen LogP contribution >= 0.6 is 0 Å². The molecule has 0 aromatic rings. The van der Waals surface area contributed by atoms with Crippen molar-refractivity contribution >= 4 is 6.29 Å². The lowest BCUT2D eigenvalue weighted by molar-refractivity contribution is -0.108. The molecule has 0 bridgehead atoms. The Hall–Kier alpha value is -0.330. The molecule has 0 unspecified atom stereocenters. The first kappa shape index (κ1) is 8.28. The van der Waals surface area contributed by atoms with Gasteiger partial charge in [-0.1, -0.05) is 12.8 Å². The van der Waals surface area contributed by atoms with Crippen LogP contribution in [-0.4, -0.2) is 6.29 Å². The minimum absolute atomic E-state index is 0.737. The van der Waals surface area contributed by atoms with E-state index in [1.807, 2.05) is 0 Å². The first-order valence-electron chi connectivity index (χ1n) is 5.31. The third-order valence-electron chi connectivity index (χ3n) is 3.83. The molecule has 2 aliphatic rings.